The molecular weight excluding hydrogens is 188 g/mol. The van der Waals surface area contributed by atoms with Gasteiger partial charge in [-0.2, -0.15) is 0 Å². The van der Waals surface area contributed by atoms with Crippen LogP contribution in [0.3, 0.4) is 0 Å². The second-order valence-electron chi connectivity index (χ2n) is 4.94. The molecule has 0 unspecified atom stereocenters. The number of hydrogen-bond acceptors (Lipinski definition) is 2. The maximum absolute atomic E-state index is 11.6. The van der Waals surface area contributed by atoms with Crippen LogP contribution in [-0.2, 0) is 9.53 Å². The molecule has 15 heavy (non-hydrogen) atoms. The lowest BCUT2D eigenvalue weighted by Crippen LogP contribution is -2.52. The highest BCUT2D eigenvalue weighted by atomic mass is 16.6. The Morgan fingerprint density at radius 3 is 2.80 bits per heavy atom. The van der Waals surface area contributed by atoms with Crippen LogP contribution in [0.5, 0.6) is 0 Å². The van der Waals surface area contributed by atoms with Crippen LogP contribution < -0.4 is 0 Å². The maximum Gasteiger partial charge on any atom is 0.334 e. The Morgan fingerprint density at radius 1 is 1.47 bits per heavy atom. The van der Waals surface area contributed by atoms with Crippen molar-refractivity contribution in [3.63, 3.8) is 0 Å². The van der Waals surface area contributed by atoms with Crippen LogP contribution >= 0.6 is 0 Å². The van der Waals surface area contributed by atoms with Crippen molar-refractivity contribution in [2.45, 2.75) is 45.1 Å². The molecule has 2 aliphatic rings. The predicted octanol–water partition coefficient (Wildman–Crippen LogP) is 2.99. The van der Waals surface area contributed by atoms with Crippen LogP contribution in [-0.4, -0.2) is 11.6 Å². The molecule has 0 spiro atoms. The van der Waals surface area contributed by atoms with Gasteiger partial charge in [0.25, 0.3) is 0 Å². The van der Waals surface area contributed by atoms with Gasteiger partial charge >= 0.3 is 5.97 Å². The zero-order valence-corrected chi connectivity index (χ0v) is 9.51. The van der Waals surface area contributed by atoms with Gasteiger partial charge in [0.2, 0.25) is 0 Å². The van der Waals surface area contributed by atoms with Gasteiger partial charge in [-0.3, -0.25) is 0 Å². The smallest absolute Gasteiger partial charge is 0.334 e. The minimum atomic E-state index is -0.457. The molecule has 0 aromatic heterocycles. The number of fused-ring (bicyclic) bond motifs is 1. The van der Waals surface area contributed by atoms with Gasteiger partial charge in [-0.15, -0.1) is 0 Å². The molecule has 2 rings (SSSR count). The molecule has 0 aromatic carbocycles. The lowest BCUT2D eigenvalue weighted by molar-refractivity contribution is -0.167. The van der Waals surface area contributed by atoms with Crippen LogP contribution in [0, 0.1) is 5.41 Å². The topological polar surface area (TPSA) is 26.3 Å². The number of carbonyl (C=O) groups excluding carboxylic acids is 1. The molecule has 0 saturated heterocycles. The summed E-state index contributed by atoms with van der Waals surface area (Å²) in [4.78, 5) is 11.6. The minimum Gasteiger partial charge on any atom is -0.451 e. The molecule has 0 radical (unpaired) electrons. The van der Waals surface area contributed by atoms with E-state index in [1.807, 2.05) is 13.0 Å². The molecule has 82 valence electrons. The third-order valence-electron chi connectivity index (χ3n) is 3.92. The van der Waals surface area contributed by atoms with Crippen molar-refractivity contribution < 1.29 is 9.53 Å². The van der Waals surface area contributed by atoms with Gasteiger partial charge in [0.1, 0.15) is 5.60 Å². The molecule has 0 bridgehead atoms. The van der Waals surface area contributed by atoms with Crippen molar-refractivity contribution in [1.29, 1.82) is 0 Å². The van der Waals surface area contributed by atoms with E-state index >= 15 is 0 Å². The van der Waals surface area contributed by atoms with Crippen LogP contribution in [0.2, 0.25) is 0 Å². The third-order valence-corrected chi connectivity index (χ3v) is 3.92. The summed E-state index contributed by atoms with van der Waals surface area (Å²) < 4.78 is 5.62. The fourth-order valence-corrected chi connectivity index (χ4v) is 2.90. The molecule has 0 aromatic rings. The maximum atomic E-state index is 11.6. The van der Waals surface area contributed by atoms with Crippen LogP contribution in [0.25, 0.3) is 0 Å². The molecule has 1 saturated carbocycles. The number of esters is 1. The highest BCUT2D eigenvalue weighted by Gasteiger charge is 2.52. The number of carbonyl (C=O) groups is 1. The van der Waals surface area contributed by atoms with E-state index < -0.39 is 5.60 Å². The van der Waals surface area contributed by atoms with Crippen molar-refractivity contribution in [2.75, 3.05) is 0 Å². The zero-order chi connectivity index (χ0) is 11.1. The summed E-state index contributed by atoms with van der Waals surface area (Å²) >= 11 is 0. The quantitative estimate of drug-likeness (QED) is 0.487. The van der Waals surface area contributed by atoms with E-state index in [1.165, 1.54) is 6.42 Å². The Labute approximate surface area is 91.0 Å². The van der Waals surface area contributed by atoms with Gasteiger partial charge in [0.05, 0.1) is 0 Å². The molecule has 0 N–H and O–H groups in total. The van der Waals surface area contributed by atoms with E-state index in [2.05, 4.69) is 19.6 Å². The highest BCUT2D eigenvalue weighted by Crippen LogP contribution is 2.51. The summed E-state index contributed by atoms with van der Waals surface area (Å²) in [5.74, 6) is -0.186. The van der Waals surface area contributed by atoms with Crippen LogP contribution in [0.1, 0.15) is 39.5 Å². The lowest BCUT2D eigenvalue weighted by Gasteiger charge is -2.50. The third kappa shape index (κ3) is 1.35. The van der Waals surface area contributed by atoms with E-state index in [1.54, 1.807) is 0 Å². The average Bonchev–Trinajstić information content (AvgIpc) is 2.20. The number of hydrogen-bond donors (Lipinski definition) is 0. The average molecular weight is 206 g/mol. The standard InChI is InChI=1S/C13H18O2/c1-4-13-8-6-5-7-12(13,3)9-10(2)11(14)15-13/h4,9H,1,5-8H2,2-3H3/t12-,13-/m0/s1. The first-order valence-electron chi connectivity index (χ1n) is 5.59. The molecular formula is C13H18O2. The van der Waals surface area contributed by atoms with Gasteiger partial charge < -0.3 is 4.74 Å². The normalized spacial score (nSPS) is 40.1. The summed E-state index contributed by atoms with van der Waals surface area (Å²) in [6, 6.07) is 0. The first-order chi connectivity index (χ1) is 7.03. The van der Waals surface area contributed by atoms with Gasteiger partial charge in [0, 0.05) is 11.0 Å². The highest BCUT2D eigenvalue weighted by molar-refractivity contribution is 5.89. The Kier molecular flexibility index (Phi) is 2.25. The Morgan fingerprint density at radius 2 is 2.13 bits per heavy atom. The second-order valence-corrected chi connectivity index (χ2v) is 4.94. The van der Waals surface area contributed by atoms with Crippen molar-refractivity contribution in [1.82, 2.24) is 0 Å². The van der Waals surface area contributed by atoms with E-state index in [0.717, 1.165) is 24.8 Å². The van der Waals surface area contributed by atoms with E-state index in [9.17, 15) is 4.79 Å². The Hall–Kier alpha value is -1.05. The van der Waals surface area contributed by atoms with Crippen molar-refractivity contribution in [3.05, 3.63) is 24.3 Å². The SMILES string of the molecule is C=C[C@]12CCCC[C@@]1(C)C=C(C)C(=O)O2. The number of ether oxygens (including phenoxy) is 1. The summed E-state index contributed by atoms with van der Waals surface area (Å²) in [5.41, 5.74) is 0.226. The summed E-state index contributed by atoms with van der Waals surface area (Å²) in [5, 5.41) is 0. The Balaban J connectivity index is 2.49. The Bertz CT molecular complexity index is 342. The molecule has 2 nitrogen and oxygen atoms in total. The second kappa shape index (κ2) is 3.22. The van der Waals surface area contributed by atoms with Gasteiger partial charge in [-0.25, -0.2) is 4.79 Å². The first kappa shape index (κ1) is 10.5. The summed E-state index contributed by atoms with van der Waals surface area (Å²) in [6.07, 6.45) is 8.20. The van der Waals surface area contributed by atoms with Crippen molar-refractivity contribution in [3.8, 4) is 0 Å². The zero-order valence-electron chi connectivity index (χ0n) is 9.51. The summed E-state index contributed by atoms with van der Waals surface area (Å²) in [6.45, 7) is 7.86. The van der Waals surface area contributed by atoms with Crippen LogP contribution in [0.4, 0.5) is 0 Å². The molecule has 1 fully saturated rings. The molecule has 2 heteroatoms. The fourth-order valence-electron chi connectivity index (χ4n) is 2.90. The predicted molar refractivity (Wildman–Crippen MR) is 59.4 cm³/mol. The van der Waals surface area contributed by atoms with Gasteiger partial charge in [0.15, 0.2) is 0 Å². The van der Waals surface area contributed by atoms with Gasteiger partial charge in [-0.1, -0.05) is 26.0 Å². The largest absolute Gasteiger partial charge is 0.451 e. The lowest BCUT2D eigenvalue weighted by atomic mass is 9.62. The minimum absolute atomic E-state index is 0.0506. The first-order valence-corrected chi connectivity index (χ1v) is 5.59. The fraction of sp³-hybridized carbons (Fsp3) is 0.615. The van der Waals surface area contributed by atoms with Crippen molar-refractivity contribution in [2.24, 2.45) is 5.41 Å². The molecule has 1 aliphatic heterocycles. The monoisotopic (exact) mass is 206 g/mol. The summed E-state index contributed by atoms with van der Waals surface area (Å²) in [7, 11) is 0. The van der Waals surface area contributed by atoms with Gasteiger partial charge in [-0.05, 0) is 32.3 Å². The number of rotatable bonds is 1. The van der Waals surface area contributed by atoms with E-state index in [-0.39, 0.29) is 11.4 Å². The van der Waals surface area contributed by atoms with Crippen molar-refractivity contribution >= 4 is 5.97 Å². The molecule has 2 atom stereocenters. The molecule has 1 aliphatic carbocycles. The molecule has 1 heterocycles. The van der Waals surface area contributed by atoms with Crippen LogP contribution in [0.15, 0.2) is 24.3 Å². The van der Waals surface area contributed by atoms with E-state index in [0.29, 0.717) is 0 Å². The van der Waals surface area contributed by atoms with E-state index in [4.69, 9.17) is 4.74 Å². The molecule has 0 amide bonds.